The molecule has 1 saturated heterocycles. The van der Waals surface area contributed by atoms with Gasteiger partial charge in [-0.25, -0.2) is 0 Å². The van der Waals surface area contributed by atoms with Gasteiger partial charge in [-0.1, -0.05) is 36.4 Å². The molecule has 0 unspecified atom stereocenters. The summed E-state index contributed by atoms with van der Waals surface area (Å²) in [5, 5.41) is 4.14. The molecule has 114 valence electrons. The van der Waals surface area contributed by atoms with Crippen molar-refractivity contribution in [2.45, 2.75) is 13.0 Å². The Morgan fingerprint density at radius 2 is 1.64 bits per heavy atom. The second-order valence-electron chi connectivity index (χ2n) is 5.62. The van der Waals surface area contributed by atoms with Gasteiger partial charge in [-0.15, -0.1) is 0 Å². The van der Waals surface area contributed by atoms with Gasteiger partial charge in [0.1, 0.15) is 0 Å². The molecule has 1 N–H and O–H groups in total. The average molecular weight is 311 g/mol. The topological polar surface area (TPSA) is 18.5 Å². The van der Waals surface area contributed by atoms with Gasteiger partial charge < -0.3 is 15.1 Å². The Morgan fingerprint density at radius 1 is 1.00 bits per heavy atom. The van der Waals surface area contributed by atoms with Crippen LogP contribution in [0, 0.1) is 0 Å². The van der Waals surface area contributed by atoms with Crippen LogP contribution in [0.15, 0.2) is 60.7 Å². The van der Waals surface area contributed by atoms with Gasteiger partial charge in [0.15, 0.2) is 5.11 Å². The summed E-state index contributed by atoms with van der Waals surface area (Å²) in [6, 6.07) is 21.1. The zero-order valence-electron chi connectivity index (χ0n) is 12.8. The lowest BCUT2D eigenvalue weighted by Gasteiger charge is -2.42. The zero-order valence-corrected chi connectivity index (χ0v) is 13.6. The molecule has 0 amide bonds. The molecule has 3 nitrogen and oxygen atoms in total. The van der Waals surface area contributed by atoms with E-state index in [0.717, 1.165) is 30.4 Å². The highest BCUT2D eigenvalue weighted by atomic mass is 32.1. The van der Waals surface area contributed by atoms with E-state index in [9.17, 15) is 0 Å². The van der Waals surface area contributed by atoms with Crippen molar-refractivity contribution in [1.29, 1.82) is 0 Å². The molecule has 0 bridgehead atoms. The van der Waals surface area contributed by atoms with Crippen molar-refractivity contribution in [2.24, 2.45) is 0 Å². The highest BCUT2D eigenvalue weighted by Gasteiger charge is 2.25. The van der Waals surface area contributed by atoms with Crippen molar-refractivity contribution >= 4 is 28.7 Å². The Balaban J connectivity index is 1.61. The second-order valence-corrected chi connectivity index (χ2v) is 6.01. The summed E-state index contributed by atoms with van der Waals surface area (Å²) in [6.45, 7) is 5.12. The number of thiocarbonyl (C=S) groups is 1. The number of nitrogens with one attached hydrogen (secondary N) is 1. The van der Waals surface area contributed by atoms with E-state index in [-0.39, 0.29) is 0 Å². The molecule has 1 aliphatic rings. The van der Waals surface area contributed by atoms with Crippen LogP contribution in [-0.2, 0) is 0 Å². The number of piperazine rings is 1. The summed E-state index contributed by atoms with van der Waals surface area (Å²) >= 11 is 5.56. The number of hydrogen-bond donors (Lipinski definition) is 1. The molecule has 1 atom stereocenters. The first-order chi connectivity index (χ1) is 10.7. The minimum atomic E-state index is 0.437. The van der Waals surface area contributed by atoms with E-state index in [1.165, 1.54) is 5.69 Å². The third kappa shape index (κ3) is 3.39. The highest BCUT2D eigenvalue weighted by Crippen LogP contribution is 2.20. The van der Waals surface area contributed by atoms with Crippen molar-refractivity contribution in [3.63, 3.8) is 0 Å². The monoisotopic (exact) mass is 311 g/mol. The lowest BCUT2D eigenvalue weighted by molar-refractivity contribution is 0.342. The van der Waals surface area contributed by atoms with E-state index in [1.807, 2.05) is 30.3 Å². The first-order valence-corrected chi connectivity index (χ1v) is 8.07. The normalized spacial score (nSPS) is 18.1. The number of nitrogens with zero attached hydrogens (tertiary/aromatic N) is 2. The summed E-state index contributed by atoms with van der Waals surface area (Å²) in [5.74, 6) is 0. The maximum absolute atomic E-state index is 5.56. The van der Waals surface area contributed by atoms with Crippen LogP contribution >= 0.6 is 12.2 Å². The fourth-order valence-corrected chi connectivity index (χ4v) is 3.15. The van der Waals surface area contributed by atoms with E-state index < -0.39 is 0 Å². The van der Waals surface area contributed by atoms with Gasteiger partial charge in [0.25, 0.3) is 0 Å². The molecular formula is C18H21N3S. The molecule has 1 heterocycles. The van der Waals surface area contributed by atoms with E-state index >= 15 is 0 Å². The summed E-state index contributed by atoms with van der Waals surface area (Å²) in [6.07, 6.45) is 0. The van der Waals surface area contributed by atoms with Crippen molar-refractivity contribution in [1.82, 2.24) is 4.90 Å². The quantitative estimate of drug-likeness (QED) is 0.854. The summed E-state index contributed by atoms with van der Waals surface area (Å²) in [7, 11) is 0. The smallest absolute Gasteiger partial charge is 0.173 e. The van der Waals surface area contributed by atoms with Crippen LogP contribution in [0.5, 0.6) is 0 Å². The highest BCUT2D eigenvalue weighted by molar-refractivity contribution is 7.80. The molecule has 0 aliphatic carbocycles. The zero-order chi connectivity index (χ0) is 15.4. The first kappa shape index (κ1) is 14.9. The lowest BCUT2D eigenvalue weighted by Crippen LogP contribution is -2.54. The van der Waals surface area contributed by atoms with Crippen molar-refractivity contribution < 1.29 is 0 Å². The molecular weight excluding hydrogens is 290 g/mol. The second kappa shape index (κ2) is 6.79. The van der Waals surface area contributed by atoms with Crippen molar-refractivity contribution in [2.75, 3.05) is 29.9 Å². The lowest BCUT2D eigenvalue weighted by atomic mass is 10.1. The first-order valence-electron chi connectivity index (χ1n) is 7.67. The van der Waals surface area contributed by atoms with Crippen molar-refractivity contribution in [3.8, 4) is 0 Å². The van der Waals surface area contributed by atoms with Crippen LogP contribution in [0.3, 0.4) is 0 Å². The van der Waals surface area contributed by atoms with Crippen LogP contribution in [0.4, 0.5) is 11.4 Å². The Labute approximate surface area is 137 Å². The number of rotatable bonds is 2. The molecule has 3 rings (SSSR count). The summed E-state index contributed by atoms with van der Waals surface area (Å²) in [4.78, 5) is 4.70. The Hall–Kier alpha value is -2.07. The van der Waals surface area contributed by atoms with Crippen LogP contribution < -0.4 is 10.2 Å². The van der Waals surface area contributed by atoms with E-state index in [1.54, 1.807) is 0 Å². The third-order valence-electron chi connectivity index (χ3n) is 4.03. The number of anilines is 2. The molecule has 0 aromatic heterocycles. The molecule has 1 aliphatic heterocycles. The molecule has 2 aromatic carbocycles. The predicted molar refractivity (Wildman–Crippen MR) is 97.5 cm³/mol. The Morgan fingerprint density at radius 3 is 2.27 bits per heavy atom. The molecule has 22 heavy (non-hydrogen) atoms. The van der Waals surface area contributed by atoms with Gasteiger partial charge in [-0.3, -0.25) is 0 Å². The average Bonchev–Trinajstić information content (AvgIpc) is 2.56. The van der Waals surface area contributed by atoms with E-state index in [2.05, 4.69) is 52.4 Å². The SMILES string of the molecule is C[C@H]1CN(C(=S)Nc2ccccc2)CCN1c1ccccc1. The molecule has 1 fully saturated rings. The van der Waals surface area contributed by atoms with Gasteiger partial charge in [0, 0.05) is 37.1 Å². The molecule has 0 saturated carbocycles. The summed E-state index contributed by atoms with van der Waals surface area (Å²) < 4.78 is 0. The van der Waals surface area contributed by atoms with Crippen molar-refractivity contribution in [3.05, 3.63) is 60.7 Å². The van der Waals surface area contributed by atoms with Crippen LogP contribution in [0.2, 0.25) is 0 Å². The van der Waals surface area contributed by atoms with Gasteiger partial charge in [0.2, 0.25) is 0 Å². The molecule has 0 spiro atoms. The van der Waals surface area contributed by atoms with E-state index in [4.69, 9.17) is 12.2 Å². The van der Waals surface area contributed by atoms with Crippen LogP contribution in [0.25, 0.3) is 0 Å². The Bertz CT molecular complexity index is 615. The number of benzene rings is 2. The molecule has 4 heteroatoms. The van der Waals surface area contributed by atoms with Gasteiger partial charge in [-0.05, 0) is 43.4 Å². The van der Waals surface area contributed by atoms with E-state index in [0.29, 0.717) is 6.04 Å². The summed E-state index contributed by atoms with van der Waals surface area (Å²) in [5.41, 5.74) is 2.34. The predicted octanol–water partition coefficient (Wildman–Crippen LogP) is 3.59. The van der Waals surface area contributed by atoms with Crippen LogP contribution in [0.1, 0.15) is 6.92 Å². The maximum atomic E-state index is 5.56. The largest absolute Gasteiger partial charge is 0.365 e. The fourth-order valence-electron chi connectivity index (χ4n) is 2.87. The number of hydrogen-bond acceptors (Lipinski definition) is 2. The number of para-hydroxylation sites is 2. The minimum Gasteiger partial charge on any atom is -0.365 e. The Kier molecular flexibility index (Phi) is 4.59. The standard InChI is InChI=1S/C18H21N3S/c1-15-14-20(18(22)19-16-8-4-2-5-9-16)12-13-21(15)17-10-6-3-7-11-17/h2-11,15H,12-14H2,1H3,(H,19,22)/t15-/m0/s1. The molecule has 2 aromatic rings. The van der Waals surface area contributed by atoms with Gasteiger partial charge in [0.05, 0.1) is 0 Å². The van der Waals surface area contributed by atoms with Gasteiger partial charge in [-0.2, -0.15) is 0 Å². The molecule has 0 radical (unpaired) electrons. The van der Waals surface area contributed by atoms with Gasteiger partial charge >= 0.3 is 0 Å². The third-order valence-corrected chi connectivity index (χ3v) is 4.39. The van der Waals surface area contributed by atoms with Crippen LogP contribution in [-0.4, -0.2) is 35.7 Å². The fraction of sp³-hybridized carbons (Fsp3) is 0.278. The maximum Gasteiger partial charge on any atom is 0.173 e. The minimum absolute atomic E-state index is 0.437.